The van der Waals surface area contributed by atoms with Crippen LogP contribution in [0.2, 0.25) is 0 Å². The van der Waals surface area contributed by atoms with Crippen LogP contribution in [0.1, 0.15) is 11.1 Å². The van der Waals surface area contributed by atoms with Gasteiger partial charge in [-0.05, 0) is 31.6 Å². The molecule has 0 radical (unpaired) electrons. The Hall–Kier alpha value is -2.92. The Labute approximate surface area is 154 Å². The average Bonchev–Trinajstić information content (AvgIpc) is 3.12. The summed E-state index contributed by atoms with van der Waals surface area (Å²) in [6.07, 6.45) is 4.15. The predicted molar refractivity (Wildman–Crippen MR) is 104 cm³/mol. The first-order valence-corrected chi connectivity index (χ1v) is 8.73. The van der Waals surface area contributed by atoms with Gasteiger partial charge in [0.05, 0.1) is 0 Å². The van der Waals surface area contributed by atoms with Crippen molar-refractivity contribution < 1.29 is 4.79 Å². The van der Waals surface area contributed by atoms with Gasteiger partial charge in [-0.25, -0.2) is 9.78 Å². The normalized spacial score (nSPS) is 10.9. The van der Waals surface area contributed by atoms with Crippen molar-refractivity contribution in [3.05, 3.63) is 78.1 Å². The third kappa shape index (κ3) is 4.58. The quantitative estimate of drug-likeness (QED) is 0.743. The maximum atomic E-state index is 12.5. The van der Waals surface area contributed by atoms with E-state index in [1.54, 1.807) is 17.0 Å². The zero-order chi connectivity index (χ0) is 18.4. The largest absolute Gasteiger partial charge is 0.337 e. The standard InChI is InChI=1S/C21H24N4O/c1-24(2)16-18-8-10-19(11-9-18)20-22-14-15-25(20)21(26)23-13-12-17-6-4-3-5-7-17/h3-11,14-15H,12-13,16H2,1-2H3,(H,23,26). The Bertz CT molecular complexity index is 838. The Morgan fingerprint density at radius 1 is 1.04 bits per heavy atom. The minimum Gasteiger partial charge on any atom is -0.337 e. The summed E-state index contributed by atoms with van der Waals surface area (Å²) in [5, 5.41) is 2.96. The number of aromatic nitrogens is 2. The van der Waals surface area contributed by atoms with E-state index >= 15 is 0 Å². The molecule has 0 saturated heterocycles. The molecular weight excluding hydrogens is 324 g/mol. The minimum absolute atomic E-state index is 0.161. The van der Waals surface area contributed by atoms with E-state index in [-0.39, 0.29) is 6.03 Å². The highest BCUT2D eigenvalue weighted by Gasteiger charge is 2.12. The number of benzene rings is 2. The van der Waals surface area contributed by atoms with Gasteiger partial charge in [0.2, 0.25) is 0 Å². The van der Waals surface area contributed by atoms with Crippen LogP contribution < -0.4 is 5.32 Å². The molecule has 5 nitrogen and oxygen atoms in total. The summed E-state index contributed by atoms with van der Waals surface area (Å²) in [4.78, 5) is 19.0. The second-order valence-corrected chi connectivity index (χ2v) is 6.52. The summed E-state index contributed by atoms with van der Waals surface area (Å²) >= 11 is 0. The second kappa shape index (κ2) is 8.45. The molecule has 0 saturated carbocycles. The van der Waals surface area contributed by atoms with Gasteiger partial charge in [-0.1, -0.05) is 54.6 Å². The van der Waals surface area contributed by atoms with Crippen LogP contribution in [0.5, 0.6) is 0 Å². The predicted octanol–water partition coefficient (Wildman–Crippen LogP) is 3.41. The fourth-order valence-corrected chi connectivity index (χ4v) is 2.85. The van der Waals surface area contributed by atoms with Gasteiger partial charge in [-0.15, -0.1) is 0 Å². The zero-order valence-corrected chi connectivity index (χ0v) is 15.2. The van der Waals surface area contributed by atoms with E-state index in [1.807, 2.05) is 44.4 Å². The van der Waals surface area contributed by atoms with Gasteiger partial charge in [-0.3, -0.25) is 4.57 Å². The van der Waals surface area contributed by atoms with Crippen LogP contribution in [-0.4, -0.2) is 41.1 Å². The molecule has 1 N–H and O–H groups in total. The first-order valence-electron chi connectivity index (χ1n) is 8.73. The second-order valence-electron chi connectivity index (χ2n) is 6.52. The Kier molecular flexibility index (Phi) is 5.81. The summed E-state index contributed by atoms with van der Waals surface area (Å²) in [7, 11) is 4.08. The van der Waals surface area contributed by atoms with Crippen molar-refractivity contribution in [3.63, 3.8) is 0 Å². The van der Waals surface area contributed by atoms with E-state index in [9.17, 15) is 4.79 Å². The molecule has 1 heterocycles. The number of rotatable bonds is 6. The number of carbonyl (C=O) groups is 1. The molecule has 0 unspecified atom stereocenters. The molecule has 5 heteroatoms. The van der Waals surface area contributed by atoms with Crippen molar-refractivity contribution in [2.24, 2.45) is 0 Å². The molecule has 0 atom stereocenters. The molecule has 1 amide bonds. The molecule has 2 aromatic carbocycles. The van der Waals surface area contributed by atoms with Gasteiger partial charge in [0, 0.05) is 31.0 Å². The Morgan fingerprint density at radius 3 is 2.46 bits per heavy atom. The van der Waals surface area contributed by atoms with Gasteiger partial charge >= 0.3 is 6.03 Å². The number of hydrogen-bond donors (Lipinski definition) is 1. The third-order valence-corrected chi connectivity index (χ3v) is 4.10. The number of carbonyl (C=O) groups excluding carboxylic acids is 1. The lowest BCUT2D eigenvalue weighted by Gasteiger charge is -2.11. The van der Waals surface area contributed by atoms with Crippen LogP contribution in [0.3, 0.4) is 0 Å². The lowest BCUT2D eigenvalue weighted by molar-refractivity contribution is 0.243. The topological polar surface area (TPSA) is 50.2 Å². The van der Waals surface area contributed by atoms with Crippen molar-refractivity contribution in [1.82, 2.24) is 19.8 Å². The van der Waals surface area contributed by atoms with Crippen molar-refractivity contribution in [3.8, 4) is 11.4 Å². The van der Waals surface area contributed by atoms with Gasteiger partial charge in [0.25, 0.3) is 0 Å². The Balaban J connectivity index is 1.64. The molecule has 0 aliphatic heterocycles. The van der Waals surface area contributed by atoms with Gasteiger partial charge in [0.15, 0.2) is 0 Å². The summed E-state index contributed by atoms with van der Waals surface area (Å²) in [6, 6.07) is 18.1. The third-order valence-electron chi connectivity index (χ3n) is 4.10. The molecule has 0 aliphatic carbocycles. The Morgan fingerprint density at radius 2 is 1.77 bits per heavy atom. The highest BCUT2D eigenvalue weighted by molar-refractivity contribution is 5.81. The molecule has 134 valence electrons. The fourth-order valence-electron chi connectivity index (χ4n) is 2.85. The fraction of sp³-hybridized carbons (Fsp3) is 0.238. The SMILES string of the molecule is CN(C)Cc1ccc(-c2nccn2C(=O)NCCc2ccccc2)cc1. The van der Waals surface area contributed by atoms with Crippen LogP contribution in [0.25, 0.3) is 11.4 Å². The molecule has 26 heavy (non-hydrogen) atoms. The smallest absolute Gasteiger partial charge is 0.327 e. The number of nitrogens with one attached hydrogen (secondary N) is 1. The summed E-state index contributed by atoms with van der Waals surface area (Å²) in [5.41, 5.74) is 3.36. The molecule has 1 aromatic heterocycles. The number of nitrogens with zero attached hydrogens (tertiary/aromatic N) is 3. The molecule has 3 aromatic rings. The lowest BCUT2D eigenvalue weighted by Crippen LogP contribution is -2.30. The van der Waals surface area contributed by atoms with Crippen molar-refractivity contribution in [2.75, 3.05) is 20.6 Å². The van der Waals surface area contributed by atoms with E-state index < -0.39 is 0 Å². The van der Waals surface area contributed by atoms with Crippen LogP contribution in [-0.2, 0) is 13.0 Å². The molecule has 0 fully saturated rings. The molecular formula is C21H24N4O. The zero-order valence-electron chi connectivity index (χ0n) is 15.2. The minimum atomic E-state index is -0.161. The summed E-state index contributed by atoms with van der Waals surface area (Å²) in [6.45, 7) is 1.47. The van der Waals surface area contributed by atoms with E-state index in [4.69, 9.17) is 0 Å². The van der Waals surface area contributed by atoms with E-state index in [2.05, 4.69) is 39.5 Å². The summed E-state index contributed by atoms with van der Waals surface area (Å²) in [5.74, 6) is 0.651. The van der Waals surface area contributed by atoms with E-state index in [0.29, 0.717) is 12.4 Å². The van der Waals surface area contributed by atoms with Gasteiger partial charge in [-0.2, -0.15) is 0 Å². The van der Waals surface area contributed by atoms with Gasteiger partial charge in [0.1, 0.15) is 5.82 Å². The van der Waals surface area contributed by atoms with Crippen LogP contribution in [0, 0.1) is 0 Å². The monoisotopic (exact) mass is 348 g/mol. The van der Waals surface area contributed by atoms with Crippen molar-refractivity contribution in [1.29, 1.82) is 0 Å². The maximum absolute atomic E-state index is 12.5. The van der Waals surface area contributed by atoms with Crippen LogP contribution >= 0.6 is 0 Å². The maximum Gasteiger partial charge on any atom is 0.327 e. The molecule has 0 bridgehead atoms. The van der Waals surface area contributed by atoms with Crippen LogP contribution in [0.15, 0.2) is 67.0 Å². The van der Waals surface area contributed by atoms with Crippen LogP contribution in [0.4, 0.5) is 4.79 Å². The molecule has 3 rings (SSSR count). The highest BCUT2D eigenvalue weighted by Crippen LogP contribution is 2.18. The first kappa shape index (κ1) is 17.9. The number of amides is 1. The number of hydrogen-bond acceptors (Lipinski definition) is 3. The highest BCUT2D eigenvalue weighted by atomic mass is 16.2. The van der Waals surface area contributed by atoms with E-state index in [0.717, 1.165) is 18.5 Å². The van der Waals surface area contributed by atoms with Gasteiger partial charge < -0.3 is 10.2 Å². The lowest BCUT2D eigenvalue weighted by atomic mass is 10.1. The van der Waals surface area contributed by atoms with Crippen molar-refractivity contribution >= 4 is 6.03 Å². The first-order chi connectivity index (χ1) is 12.6. The van der Waals surface area contributed by atoms with E-state index in [1.165, 1.54) is 11.1 Å². The average molecular weight is 348 g/mol. The van der Waals surface area contributed by atoms with Crippen molar-refractivity contribution in [2.45, 2.75) is 13.0 Å². The molecule has 0 spiro atoms. The summed E-state index contributed by atoms with van der Waals surface area (Å²) < 4.78 is 1.56. The number of imidazole rings is 1. The molecule has 0 aliphatic rings.